The summed E-state index contributed by atoms with van der Waals surface area (Å²) in [5.41, 5.74) is 1.06. The number of nitrogens with one attached hydrogen (secondary N) is 2. The third-order valence-electron chi connectivity index (χ3n) is 3.19. The molecule has 0 heterocycles. The smallest absolute Gasteiger partial charge is 0.255 e. The zero-order chi connectivity index (χ0) is 17.6. The number of sulfonamides is 1. The number of amides is 1. The highest BCUT2D eigenvalue weighted by atomic mass is 32.2. The van der Waals surface area contributed by atoms with Gasteiger partial charge >= 0.3 is 0 Å². The summed E-state index contributed by atoms with van der Waals surface area (Å²) in [6.45, 7) is 3.61. The molecule has 126 valence electrons. The second kappa shape index (κ2) is 8.14. The van der Waals surface area contributed by atoms with Crippen LogP contribution in [0, 0.1) is 0 Å². The normalized spacial score (nSPS) is 11.0. The molecule has 1 amide bonds. The van der Waals surface area contributed by atoms with E-state index in [1.807, 2.05) is 30.5 Å². The van der Waals surface area contributed by atoms with Gasteiger partial charge in [0.2, 0.25) is 10.0 Å². The van der Waals surface area contributed by atoms with Crippen molar-refractivity contribution in [3.8, 4) is 0 Å². The van der Waals surface area contributed by atoms with Gasteiger partial charge in [0.1, 0.15) is 0 Å². The molecule has 5 nitrogen and oxygen atoms in total. The van der Waals surface area contributed by atoms with Gasteiger partial charge in [0.25, 0.3) is 5.91 Å². The molecule has 2 aromatic carbocycles. The maximum absolute atomic E-state index is 12.2. The molecule has 0 aliphatic heterocycles. The number of carbonyl (C=O) groups excluding carboxylic acids is 1. The van der Waals surface area contributed by atoms with Crippen LogP contribution in [0.3, 0.4) is 0 Å². The fourth-order valence-electron chi connectivity index (χ4n) is 1.92. The lowest BCUT2D eigenvalue weighted by atomic mass is 10.2. The van der Waals surface area contributed by atoms with E-state index in [2.05, 4.69) is 16.6 Å². The topological polar surface area (TPSA) is 75.3 Å². The van der Waals surface area contributed by atoms with Crippen LogP contribution >= 0.6 is 11.8 Å². The Bertz CT molecular complexity index is 814. The van der Waals surface area contributed by atoms with E-state index in [4.69, 9.17) is 0 Å². The third kappa shape index (κ3) is 4.70. The fourth-order valence-corrected chi connectivity index (χ4v) is 3.32. The van der Waals surface area contributed by atoms with Crippen LogP contribution in [0.5, 0.6) is 0 Å². The van der Waals surface area contributed by atoms with Crippen molar-refractivity contribution in [3.63, 3.8) is 0 Å². The van der Waals surface area contributed by atoms with Crippen LogP contribution in [0.2, 0.25) is 0 Å². The SMILES string of the molecule is C=CCNS(=O)(=O)c1ccc(C(=O)Nc2ccc(SC)cc2)cc1. The highest BCUT2D eigenvalue weighted by molar-refractivity contribution is 7.98. The van der Waals surface area contributed by atoms with Crippen LogP contribution in [-0.4, -0.2) is 27.1 Å². The fraction of sp³-hybridized carbons (Fsp3) is 0.118. The molecule has 0 unspecified atom stereocenters. The van der Waals surface area contributed by atoms with Crippen molar-refractivity contribution in [2.24, 2.45) is 0 Å². The number of anilines is 1. The monoisotopic (exact) mass is 362 g/mol. The van der Waals surface area contributed by atoms with Gasteiger partial charge in [-0.3, -0.25) is 4.79 Å². The van der Waals surface area contributed by atoms with Crippen molar-refractivity contribution in [3.05, 3.63) is 66.7 Å². The summed E-state index contributed by atoms with van der Waals surface area (Å²) >= 11 is 1.62. The van der Waals surface area contributed by atoms with E-state index in [-0.39, 0.29) is 17.3 Å². The number of thioether (sulfide) groups is 1. The van der Waals surface area contributed by atoms with Crippen molar-refractivity contribution in [1.82, 2.24) is 4.72 Å². The summed E-state index contributed by atoms with van der Waals surface area (Å²) < 4.78 is 26.3. The zero-order valence-corrected chi connectivity index (χ0v) is 14.8. The van der Waals surface area contributed by atoms with Crippen molar-refractivity contribution < 1.29 is 13.2 Å². The first-order valence-corrected chi connectivity index (χ1v) is 9.83. The van der Waals surface area contributed by atoms with Crippen LogP contribution < -0.4 is 10.0 Å². The van der Waals surface area contributed by atoms with Crippen LogP contribution in [0.4, 0.5) is 5.69 Å². The zero-order valence-electron chi connectivity index (χ0n) is 13.2. The molecule has 0 saturated heterocycles. The van der Waals surface area contributed by atoms with Gasteiger partial charge in [-0.05, 0) is 54.8 Å². The van der Waals surface area contributed by atoms with Crippen molar-refractivity contribution >= 4 is 33.4 Å². The quantitative estimate of drug-likeness (QED) is 0.586. The van der Waals surface area contributed by atoms with Crippen LogP contribution in [0.1, 0.15) is 10.4 Å². The van der Waals surface area contributed by atoms with Gasteiger partial charge in [0, 0.05) is 22.7 Å². The summed E-state index contributed by atoms with van der Waals surface area (Å²) in [6.07, 6.45) is 3.44. The average Bonchev–Trinajstić information content (AvgIpc) is 2.60. The molecule has 2 rings (SSSR count). The van der Waals surface area contributed by atoms with Gasteiger partial charge in [-0.15, -0.1) is 18.3 Å². The van der Waals surface area contributed by atoms with Crippen molar-refractivity contribution in [2.45, 2.75) is 9.79 Å². The van der Waals surface area contributed by atoms with E-state index in [1.54, 1.807) is 11.8 Å². The molecule has 24 heavy (non-hydrogen) atoms. The minimum absolute atomic E-state index is 0.102. The summed E-state index contributed by atoms with van der Waals surface area (Å²) in [5.74, 6) is -0.296. The Morgan fingerprint density at radius 1 is 1.12 bits per heavy atom. The van der Waals surface area contributed by atoms with Gasteiger partial charge in [-0.2, -0.15) is 0 Å². The molecule has 0 aliphatic carbocycles. The molecule has 0 aromatic heterocycles. The van der Waals surface area contributed by atoms with Gasteiger partial charge in [-0.1, -0.05) is 6.08 Å². The van der Waals surface area contributed by atoms with E-state index >= 15 is 0 Å². The highest BCUT2D eigenvalue weighted by Gasteiger charge is 2.14. The second-order valence-corrected chi connectivity index (χ2v) is 7.49. The van der Waals surface area contributed by atoms with E-state index in [0.29, 0.717) is 11.3 Å². The lowest BCUT2D eigenvalue weighted by Crippen LogP contribution is -2.23. The Kier molecular flexibility index (Phi) is 6.19. The van der Waals surface area contributed by atoms with Crippen molar-refractivity contribution in [2.75, 3.05) is 18.1 Å². The third-order valence-corrected chi connectivity index (χ3v) is 5.38. The van der Waals surface area contributed by atoms with E-state index < -0.39 is 10.0 Å². The summed E-state index contributed by atoms with van der Waals surface area (Å²) in [6, 6.07) is 13.2. The molecule has 2 N–H and O–H groups in total. The molecular formula is C17H18N2O3S2. The first kappa shape index (κ1) is 18.3. The predicted molar refractivity (Wildman–Crippen MR) is 98.0 cm³/mol. The molecule has 0 bridgehead atoms. The molecule has 2 aromatic rings. The Labute approximate surface area is 146 Å². The Hall–Kier alpha value is -2.09. The lowest BCUT2D eigenvalue weighted by Gasteiger charge is -2.08. The number of benzene rings is 2. The maximum Gasteiger partial charge on any atom is 0.255 e. The van der Waals surface area contributed by atoms with E-state index in [1.165, 1.54) is 30.3 Å². The second-order valence-electron chi connectivity index (χ2n) is 4.85. The number of hydrogen-bond donors (Lipinski definition) is 2. The van der Waals surface area contributed by atoms with Crippen LogP contribution in [0.15, 0.2) is 71.0 Å². The molecular weight excluding hydrogens is 344 g/mol. The van der Waals surface area contributed by atoms with E-state index in [0.717, 1.165) is 4.90 Å². The number of rotatable bonds is 7. The standard InChI is InChI=1S/C17H18N2O3S2/c1-3-12-18-24(21,22)16-10-4-13(5-11-16)17(20)19-14-6-8-15(23-2)9-7-14/h3-11,18H,1,12H2,2H3,(H,19,20). The first-order valence-electron chi connectivity index (χ1n) is 7.12. The first-order chi connectivity index (χ1) is 11.5. The van der Waals surface area contributed by atoms with Gasteiger partial charge in [0.05, 0.1) is 4.90 Å². The molecule has 0 fully saturated rings. The average molecular weight is 362 g/mol. The van der Waals surface area contributed by atoms with Crippen molar-refractivity contribution in [1.29, 1.82) is 0 Å². The molecule has 0 atom stereocenters. The summed E-state index contributed by atoms with van der Waals surface area (Å²) in [4.78, 5) is 13.4. The maximum atomic E-state index is 12.2. The Morgan fingerprint density at radius 2 is 1.75 bits per heavy atom. The molecule has 0 saturated carbocycles. The largest absolute Gasteiger partial charge is 0.322 e. The minimum Gasteiger partial charge on any atom is -0.322 e. The Balaban J connectivity index is 2.09. The molecule has 7 heteroatoms. The Morgan fingerprint density at radius 3 is 2.29 bits per heavy atom. The number of hydrogen-bond acceptors (Lipinski definition) is 4. The molecule has 0 aliphatic rings. The number of carbonyl (C=O) groups is 1. The van der Waals surface area contributed by atoms with Gasteiger partial charge < -0.3 is 5.32 Å². The highest BCUT2D eigenvalue weighted by Crippen LogP contribution is 2.18. The van der Waals surface area contributed by atoms with Crippen LogP contribution in [-0.2, 0) is 10.0 Å². The van der Waals surface area contributed by atoms with Crippen LogP contribution in [0.25, 0.3) is 0 Å². The predicted octanol–water partition coefficient (Wildman–Crippen LogP) is 3.13. The molecule has 0 spiro atoms. The van der Waals surface area contributed by atoms with Gasteiger partial charge in [-0.25, -0.2) is 13.1 Å². The molecule has 0 radical (unpaired) electrons. The lowest BCUT2D eigenvalue weighted by molar-refractivity contribution is 0.102. The summed E-state index contributed by atoms with van der Waals surface area (Å²) in [7, 11) is -3.59. The van der Waals surface area contributed by atoms with E-state index in [9.17, 15) is 13.2 Å². The van der Waals surface area contributed by atoms with Gasteiger partial charge in [0.15, 0.2) is 0 Å². The minimum atomic E-state index is -3.59. The summed E-state index contributed by atoms with van der Waals surface area (Å²) in [5, 5.41) is 2.78.